The summed E-state index contributed by atoms with van der Waals surface area (Å²) in [7, 11) is 3.31. The van der Waals surface area contributed by atoms with Crippen molar-refractivity contribution in [3.05, 3.63) is 35.4 Å². The highest BCUT2D eigenvalue weighted by Crippen LogP contribution is 2.30. The fraction of sp³-hybridized carbons (Fsp3) is 0.462. The van der Waals surface area contributed by atoms with Gasteiger partial charge in [-0.15, -0.1) is 0 Å². The number of carbonyl (C=O) groups is 1. The van der Waals surface area contributed by atoms with Crippen LogP contribution in [0.1, 0.15) is 30.4 Å². The number of alkyl halides is 3. The van der Waals surface area contributed by atoms with Crippen molar-refractivity contribution in [1.29, 1.82) is 0 Å². The Labute approximate surface area is 104 Å². The minimum absolute atomic E-state index is 0.0394. The smallest absolute Gasteiger partial charge is 0.349 e. The van der Waals surface area contributed by atoms with Crippen molar-refractivity contribution in [2.75, 3.05) is 14.1 Å². The molecule has 100 valence electrons. The molecule has 0 aliphatic carbocycles. The Bertz CT molecular complexity index is 409. The number of benzene rings is 1. The molecule has 0 saturated heterocycles. The van der Waals surface area contributed by atoms with Gasteiger partial charge in [-0.05, 0) is 23.6 Å². The van der Waals surface area contributed by atoms with E-state index >= 15 is 0 Å². The van der Waals surface area contributed by atoms with E-state index in [1.165, 1.54) is 17.0 Å². The molecule has 1 unspecified atom stereocenters. The van der Waals surface area contributed by atoms with Gasteiger partial charge < -0.3 is 4.90 Å². The van der Waals surface area contributed by atoms with E-state index in [-0.39, 0.29) is 11.8 Å². The maximum absolute atomic E-state index is 12.4. The quantitative estimate of drug-likeness (QED) is 0.815. The first kappa shape index (κ1) is 14.5. The highest BCUT2D eigenvalue weighted by Gasteiger charge is 2.30. The van der Waals surface area contributed by atoms with Gasteiger partial charge in [-0.3, -0.25) is 4.79 Å². The van der Waals surface area contributed by atoms with Gasteiger partial charge in [0.05, 0.1) is 5.56 Å². The van der Waals surface area contributed by atoms with E-state index in [9.17, 15) is 18.0 Å². The predicted octanol–water partition coefficient (Wildman–Crippen LogP) is 3.29. The Hall–Kier alpha value is -1.52. The van der Waals surface area contributed by atoms with E-state index in [4.69, 9.17) is 0 Å². The van der Waals surface area contributed by atoms with Gasteiger partial charge in [-0.1, -0.05) is 19.1 Å². The Morgan fingerprint density at radius 1 is 1.22 bits per heavy atom. The zero-order valence-electron chi connectivity index (χ0n) is 10.6. The molecule has 1 amide bonds. The third kappa shape index (κ3) is 3.75. The second kappa shape index (κ2) is 5.42. The maximum atomic E-state index is 12.4. The standard InChI is InChI=1S/C13H16F3NO/c1-9(8-12(18)17(2)3)10-4-6-11(7-5-10)13(14,15)16/h4-7,9H,8H2,1-3H3. The zero-order chi connectivity index (χ0) is 13.9. The lowest BCUT2D eigenvalue weighted by molar-refractivity contribution is -0.137. The first-order valence-corrected chi connectivity index (χ1v) is 5.59. The molecule has 1 aromatic carbocycles. The van der Waals surface area contributed by atoms with Gasteiger partial charge in [0.1, 0.15) is 0 Å². The summed E-state index contributed by atoms with van der Waals surface area (Å²) in [4.78, 5) is 13.0. The van der Waals surface area contributed by atoms with Crippen LogP contribution in [0.25, 0.3) is 0 Å². The molecule has 0 aliphatic rings. The normalized spacial score (nSPS) is 13.2. The first-order chi connectivity index (χ1) is 8.21. The van der Waals surface area contributed by atoms with Crippen LogP contribution in [0.15, 0.2) is 24.3 Å². The predicted molar refractivity (Wildman–Crippen MR) is 63.2 cm³/mol. The lowest BCUT2D eigenvalue weighted by atomic mass is 9.96. The van der Waals surface area contributed by atoms with Gasteiger partial charge in [-0.2, -0.15) is 13.2 Å². The molecule has 1 atom stereocenters. The van der Waals surface area contributed by atoms with Crippen LogP contribution in [0.4, 0.5) is 13.2 Å². The van der Waals surface area contributed by atoms with Gasteiger partial charge in [-0.25, -0.2) is 0 Å². The summed E-state index contributed by atoms with van der Waals surface area (Å²) in [5.41, 5.74) is 0.0654. The van der Waals surface area contributed by atoms with Crippen molar-refractivity contribution >= 4 is 5.91 Å². The van der Waals surface area contributed by atoms with E-state index in [2.05, 4.69) is 0 Å². The maximum Gasteiger partial charge on any atom is 0.416 e. The summed E-state index contributed by atoms with van der Waals surface area (Å²) in [6, 6.07) is 4.95. The van der Waals surface area contributed by atoms with Gasteiger partial charge in [0.2, 0.25) is 5.91 Å². The molecule has 0 N–H and O–H groups in total. The van der Waals surface area contributed by atoms with E-state index in [0.717, 1.165) is 17.7 Å². The Balaban J connectivity index is 2.76. The summed E-state index contributed by atoms with van der Waals surface area (Å²) in [5.74, 6) is -0.135. The number of rotatable bonds is 3. The minimum Gasteiger partial charge on any atom is -0.349 e. The van der Waals surface area contributed by atoms with Crippen LogP contribution in [-0.2, 0) is 11.0 Å². The van der Waals surface area contributed by atoms with Crippen molar-refractivity contribution in [2.24, 2.45) is 0 Å². The fourth-order valence-electron chi connectivity index (χ4n) is 1.56. The van der Waals surface area contributed by atoms with Crippen molar-refractivity contribution in [1.82, 2.24) is 4.90 Å². The van der Waals surface area contributed by atoms with Crippen LogP contribution in [-0.4, -0.2) is 24.9 Å². The molecule has 0 fully saturated rings. The van der Waals surface area contributed by atoms with E-state index in [0.29, 0.717) is 6.42 Å². The van der Waals surface area contributed by atoms with Crippen LogP contribution >= 0.6 is 0 Å². The van der Waals surface area contributed by atoms with Crippen molar-refractivity contribution in [3.63, 3.8) is 0 Å². The van der Waals surface area contributed by atoms with Gasteiger partial charge in [0, 0.05) is 20.5 Å². The Kier molecular flexibility index (Phi) is 4.38. The molecular formula is C13H16F3NO. The van der Waals surface area contributed by atoms with E-state index in [1.54, 1.807) is 14.1 Å². The van der Waals surface area contributed by atoms with Gasteiger partial charge >= 0.3 is 6.18 Å². The van der Waals surface area contributed by atoms with Gasteiger partial charge in [0.15, 0.2) is 0 Å². The van der Waals surface area contributed by atoms with Crippen LogP contribution in [0.2, 0.25) is 0 Å². The molecule has 0 saturated carbocycles. The number of nitrogens with zero attached hydrogens (tertiary/aromatic N) is 1. The highest BCUT2D eigenvalue weighted by molar-refractivity contribution is 5.76. The second-order valence-corrected chi connectivity index (χ2v) is 4.51. The van der Waals surface area contributed by atoms with E-state index in [1.807, 2.05) is 6.92 Å². The molecule has 5 heteroatoms. The van der Waals surface area contributed by atoms with Crippen molar-refractivity contribution in [2.45, 2.75) is 25.4 Å². The first-order valence-electron chi connectivity index (χ1n) is 5.59. The minimum atomic E-state index is -4.32. The third-order valence-corrected chi connectivity index (χ3v) is 2.79. The van der Waals surface area contributed by atoms with Crippen molar-refractivity contribution in [3.8, 4) is 0 Å². The number of hydrogen-bond acceptors (Lipinski definition) is 1. The summed E-state index contributed by atoms with van der Waals surface area (Å²) in [6.07, 6.45) is -4.03. The average molecular weight is 259 g/mol. The Morgan fingerprint density at radius 3 is 2.11 bits per heavy atom. The molecule has 0 aliphatic heterocycles. The van der Waals surface area contributed by atoms with Crippen LogP contribution in [0, 0.1) is 0 Å². The molecule has 0 heterocycles. The SMILES string of the molecule is CC(CC(=O)N(C)C)c1ccc(C(F)(F)F)cc1. The Morgan fingerprint density at radius 2 is 1.72 bits per heavy atom. The lowest BCUT2D eigenvalue weighted by Gasteiger charge is -2.16. The molecule has 0 aromatic heterocycles. The zero-order valence-corrected chi connectivity index (χ0v) is 10.6. The summed E-state index contributed by atoms with van der Waals surface area (Å²) in [6.45, 7) is 1.82. The van der Waals surface area contributed by atoms with Crippen LogP contribution < -0.4 is 0 Å². The van der Waals surface area contributed by atoms with Crippen molar-refractivity contribution < 1.29 is 18.0 Å². The third-order valence-electron chi connectivity index (χ3n) is 2.79. The average Bonchev–Trinajstić information content (AvgIpc) is 2.27. The molecule has 1 aromatic rings. The lowest BCUT2D eigenvalue weighted by Crippen LogP contribution is -2.23. The highest BCUT2D eigenvalue weighted by atomic mass is 19.4. The molecule has 1 rings (SSSR count). The topological polar surface area (TPSA) is 20.3 Å². The summed E-state index contributed by atoms with van der Waals surface area (Å²) >= 11 is 0. The van der Waals surface area contributed by atoms with Gasteiger partial charge in [0.25, 0.3) is 0 Å². The molecule has 0 spiro atoms. The fourth-order valence-corrected chi connectivity index (χ4v) is 1.56. The summed E-state index contributed by atoms with van der Waals surface area (Å²) in [5, 5.41) is 0. The number of amides is 1. The molecular weight excluding hydrogens is 243 g/mol. The van der Waals surface area contributed by atoms with Crippen LogP contribution in [0.3, 0.4) is 0 Å². The number of halogens is 3. The number of hydrogen-bond donors (Lipinski definition) is 0. The molecule has 0 bridgehead atoms. The monoisotopic (exact) mass is 259 g/mol. The summed E-state index contributed by atoms with van der Waals surface area (Å²) < 4.78 is 37.1. The number of carbonyl (C=O) groups excluding carboxylic acids is 1. The van der Waals surface area contributed by atoms with E-state index < -0.39 is 11.7 Å². The molecule has 2 nitrogen and oxygen atoms in total. The second-order valence-electron chi connectivity index (χ2n) is 4.51. The van der Waals surface area contributed by atoms with Crippen LogP contribution in [0.5, 0.6) is 0 Å². The molecule has 18 heavy (non-hydrogen) atoms. The largest absolute Gasteiger partial charge is 0.416 e. The molecule has 0 radical (unpaired) electrons.